The Bertz CT molecular complexity index is 438. The van der Waals surface area contributed by atoms with Crippen LogP contribution in [0.15, 0.2) is 30.5 Å². The summed E-state index contributed by atoms with van der Waals surface area (Å²) in [6.45, 7) is 0. The van der Waals surface area contributed by atoms with E-state index in [1.165, 1.54) is 0 Å². The van der Waals surface area contributed by atoms with Crippen LogP contribution < -0.4 is 4.74 Å². The van der Waals surface area contributed by atoms with Crippen LogP contribution in [0.4, 0.5) is 0 Å². The van der Waals surface area contributed by atoms with E-state index in [2.05, 4.69) is 4.98 Å². The maximum atomic E-state index is 5.73. The topological polar surface area (TPSA) is 22.1 Å². The van der Waals surface area contributed by atoms with Gasteiger partial charge in [-0.15, -0.1) is 22.9 Å². The van der Waals surface area contributed by atoms with Crippen molar-refractivity contribution in [2.24, 2.45) is 0 Å². The zero-order valence-corrected chi connectivity index (χ0v) is 9.81. The number of halogens is 1. The molecule has 2 rings (SSSR count). The summed E-state index contributed by atoms with van der Waals surface area (Å²) in [6, 6.07) is 7.85. The fraction of sp³-hybridized carbons (Fsp3) is 0.182. The standard InChI is InChI=1S/C11H10ClNOS/c1-14-9-4-2-8(3-5-9)11-13-7-10(6-12)15-11/h2-5,7H,6H2,1H3. The number of aromatic nitrogens is 1. The number of nitrogens with zero attached hydrogens (tertiary/aromatic N) is 1. The molecule has 15 heavy (non-hydrogen) atoms. The maximum absolute atomic E-state index is 5.73. The van der Waals surface area contributed by atoms with Crippen LogP contribution in [0.5, 0.6) is 5.75 Å². The van der Waals surface area contributed by atoms with Crippen molar-refractivity contribution in [3.8, 4) is 16.3 Å². The highest BCUT2D eigenvalue weighted by atomic mass is 35.5. The van der Waals surface area contributed by atoms with E-state index in [0.717, 1.165) is 21.2 Å². The third kappa shape index (κ3) is 2.30. The normalized spacial score (nSPS) is 10.3. The van der Waals surface area contributed by atoms with Crippen molar-refractivity contribution in [1.82, 2.24) is 4.98 Å². The molecule has 0 fully saturated rings. The molecule has 0 unspecified atom stereocenters. The molecule has 1 heterocycles. The molecule has 0 aliphatic heterocycles. The Morgan fingerprint density at radius 1 is 1.33 bits per heavy atom. The van der Waals surface area contributed by atoms with Gasteiger partial charge in [-0.3, -0.25) is 0 Å². The van der Waals surface area contributed by atoms with Gasteiger partial charge in [0.05, 0.1) is 13.0 Å². The maximum Gasteiger partial charge on any atom is 0.123 e. The van der Waals surface area contributed by atoms with Gasteiger partial charge in [-0.05, 0) is 24.3 Å². The van der Waals surface area contributed by atoms with Gasteiger partial charge in [0.15, 0.2) is 0 Å². The fourth-order valence-corrected chi connectivity index (χ4v) is 2.24. The molecule has 2 aromatic rings. The van der Waals surface area contributed by atoms with E-state index in [1.54, 1.807) is 18.4 Å². The number of hydrogen-bond donors (Lipinski definition) is 0. The number of hydrogen-bond acceptors (Lipinski definition) is 3. The summed E-state index contributed by atoms with van der Waals surface area (Å²) in [5.74, 6) is 1.38. The minimum Gasteiger partial charge on any atom is -0.497 e. The second-order valence-corrected chi connectivity index (χ2v) is 4.38. The first-order valence-corrected chi connectivity index (χ1v) is 5.83. The average Bonchev–Trinajstić information content (AvgIpc) is 2.78. The largest absolute Gasteiger partial charge is 0.497 e. The molecule has 0 spiro atoms. The second kappa shape index (κ2) is 4.64. The predicted molar refractivity (Wildman–Crippen MR) is 63.7 cm³/mol. The summed E-state index contributed by atoms with van der Waals surface area (Å²) < 4.78 is 5.09. The summed E-state index contributed by atoms with van der Waals surface area (Å²) in [4.78, 5) is 5.39. The summed E-state index contributed by atoms with van der Waals surface area (Å²) in [6.07, 6.45) is 1.82. The lowest BCUT2D eigenvalue weighted by Gasteiger charge is -1.99. The molecular weight excluding hydrogens is 230 g/mol. The highest BCUT2D eigenvalue weighted by molar-refractivity contribution is 7.15. The van der Waals surface area contributed by atoms with Gasteiger partial charge in [0, 0.05) is 16.6 Å². The third-order valence-electron chi connectivity index (χ3n) is 2.02. The second-order valence-electron chi connectivity index (χ2n) is 2.99. The molecule has 0 atom stereocenters. The van der Waals surface area contributed by atoms with Gasteiger partial charge in [-0.2, -0.15) is 0 Å². The van der Waals surface area contributed by atoms with Crippen molar-refractivity contribution in [3.63, 3.8) is 0 Å². The number of benzene rings is 1. The molecule has 0 aliphatic carbocycles. The Labute approximate surface area is 97.5 Å². The van der Waals surface area contributed by atoms with Crippen LogP contribution in [0.1, 0.15) is 4.88 Å². The molecule has 0 saturated carbocycles. The number of rotatable bonds is 3. The molecule has 0 radical (unpaired) electrons. The molecule has 2 nitrogen and oxygen atoms in total. The third-order valence-corrected chi connectivity index (χ3v) is 3.52. The predicted octanol–water partition coefficient (Wildman–Crippen LogP) is 3.56. The average molecular weight is 240 g/mol. The van der Waals surface area contributed by atoms with Crippen molar-refractivity contribution in [3.05, 3.63) is 35.3 Å². The van der Waals surface area contributed by atoms with Crippen LogP contribution in [0, 0.1) is 0 Å². The molecular formula is C11H10ClNOS. The van der Waals surface area contributed by atoms with Crippen molar-refractivity contribution in [1.29, 1.82) is 0 Å². The first-order valence-electron chi connectivity index (χ1n) is 4.48. The number of ether oxygens (including phenoxy) is 1. The van der Waals surface area contributed by atoms with Crippen molar-refractivity contribution in [2.45, 2.75) is 5.88 Å². The smallest absolute Gasteiger partial charge is 0.123 e. The van der Waals surface area contributed by atoms with Crippen LogP contribution in [0.2, 0.25) is 0 Å². The van der Waals surface area contributed by atoms with Crippen LogP contribution in [-0.4, -0.2) is 12.1 Å². The lowest BCUT2D eigenvalue weighted by Crippen LogP contribution is -1.81. The number of methoxy groups -OCH3 is 1. The summed E-state index contributed by atoms with van der Waals surface area (Å²) in [5.41, 5.74) is 1.09. The zero-order chi connectivity index (χ0) is 10.7. The lowest BCUT2D eigenvalue weighted by atomic mass is 10.2. The van der Waals surface area contributed by atoms with Crippen LogP contribution >= 0.6 is 22.9 Å². The molecule has 0 amide bonds. The minimum atomic E-state index is 0.522. The first kappa shape index (κ1) is 10.5. The molecule has 1 aromatic carbocycles. The van der Waals surface area contributed by atoms with E-state index < -0.39 is 0 Å². The molecule has 4 heteroatoms. The van der Waals surface area contributed by atoms with Gasteiger partial charge < -0.3 is 4.74 Å². The van der Waals surface area contributed by atoms with E-state index in [-0.39, 0.29) is 0 Å². The van der Waals surface area contributed by atoms with E-state index in [0.29, 0.717) is 5.88 Å². The van der Waals surface area contributed by atoms with E-state index >= 15 is 0 Å². The monoisotopic (exact) mass is 239 g/mol. The van der Waals surface area contributed by atoms with E-state index in [1.807, 2.05) is 30.5 Å². The Hall–Kier alpha value is -1.06. The first-order chi connectivity index (χ1) is 7.33. The van der Waals surface area contributed by atoms with Gasteiger partial charge in [0.2, 0.25) is 0 Å². The number of alkyl halides is 1. The summed E-state index contributed by atoms with van der Waals surface area (Å²) in [5, 5.41) is 0.994. The SMILES string of the molecule is COc1ccc(-c2ncc(CCl)s2)cc1. The van der Waals surface area contributed by atoms with Gasteiger partial charge in [0.1, 0.15) is 10.8 Å². The Kier molecular flexibility index (Phi) is 3.23. The van der Waals surface area contributed by atoms with Crippen LogP contribution in [-0.2, 0) is 5.88 Å². The fourth-order valence-electron chi connectivity index (χ4n) is 1.24. The molecule has 0 aliphatic rings. The minimum absolute atomic E-state index is 0.522. The van der Waals surface area contributed by atoms with Gasteiger partial charge in [-0.25, -0.2) is 4.98 Å². The van der Waals surface area contributed by atoms with Gasteiger partial charge in [-0.1, -0.05) is 0 Å². The molecule has 0 saturated heterocycles. The van der Waals surface area contributed by atoms with Gasteiger partial charge >= 0.3 is 0 Å². The Balaban J connectivity index is 2.28. The molecule has 1 aromatic heterocycles. The quantitative estimate of drug-likeness (QED) is 0.765. The molecule has 0 N–H and O–H groups in total. The highest BCUT2D eigenvalue weighted by Gasteiger charge is 2.03. The van der Waals surface area contributed by atoms with Gasteiger partial charge in [0.25, 0.3) is 0 Å². The Morgan fingerprint density at radius 3 is 2.60 bits per heavy atom. The van der Waals surface area contributed by atoms with Crippen LogP contribution in [0.3, 0.4) is 0 Å². The summed E-state index contributed by atoms with van der Waals surface area (Å²) in [7, 11) is 1.66. The van der Waals surface area contributed by atoms with Crippen LogP contribution in [0.25, 0.3) is 10.6 Å². The Morgan fingerprint density at radius 2 is 2.07 bits per heavy atom. The summed E-state index contributed by atoms with van der Waals surface area (Å²) >= 11 is 7.34. The molecule has 0 bridgehead atoms. The lowest BCUT2D eigenvalue weighted by molar-refractivity contribution is 0.415. The van der Waals surface area contributed by atoms with Crippen molar-refractivity contribution >= 4 is 22.9 Å². The van der Waals surface area contributed by atoms with Crippen molar-refractivity contribution in [2.75, 3.05) is 7.11 Å². The van der Waals surface area contributed by atoms with E-state index in [9.17, 15) is 0 Å². The highest BCUT2D eigenvalue weighted by Crippen LogP contribution is 2.27. The van der Waals surface area contributed by atoms with E-state index in [4.69, 9.17) is 16.3 Å². The van der Waals surface area contributed by atoms with Crippen molar-refractivity contribution < 1.29 is 4.74 Å². The molecule has 78 valence electrons. The number of thiazole rings is 1. The zero-order valence-electron chi connectivity index (χ0n) is 8.24.